The zero-order chi connectivity index (χ0) is 16.2. The summed E-state index contributed by atoms with van der Waals surface area (Å²) in [6, 6.07) is 10.5. The molecule has 4 nitrogen and oxygen atoms in total. The second-order valence-corrected chi connectivity index (χ2v) is 5.87. The first-order valence-electron chi connectivity index (χ1n) is 8.12. The van der Waals surface area contributed by atoms with E-state index in [2.05, 4.69) is 71.0 Å². The van der Waals surface area contributed by atoms with Gasteiger partial charge in [-0.3, -0.25) is 0 Å². The van der Waals surface area contributed by atoms with Crippen molar-refractivity contribution in [3.8, 4) is 0 Å². The number of benzene rings is 1. The fourth-order valence-electron chi connectivity index (χ4n) is 2.99. The van der Waals surface area contributed by atoms with Crippen molar-refractivity contribution in [2.75, 3.05) is 6.67 Å². The Morgan fingerprint density at radius 2 is 1.91 bits per heavy atom. The van der Waals surface area contributed by atoms with Gasteiger partial charge in [-0.25, -0.2) is 4.99 Å². The zero-order valence-electron chi connectivity index (χ0n) is 14.0. The summed E-state index contributed by atoms with van der Waals surface area (Å²) < 4.78 is 0. The lowest BCUT2D eigenvalue weighted by atomic mass is 9.99. The fraction of sp³-hybridized carbons (Fsp3) is 0.316. The largest absolute Gasteiger partial charge is 0.359 e. The van der Waals surface area contributed by atoms with E-state index in [1.807, 2.05) is 26.0 Å². The van der Waals surface area contributed by atoms with Crippen LogP contribution in [-0.4, -0.2) is 28.5 Å². The van der Waals surface area contributed by atoms with E-state index in [1.54, 1.807) is 0 Å². The molecule has 2 atom stereocenters. The number of fused-ring (bicyclic) bond motifs is 1. The third-order valence-electron chi connectivity index (χ3n) is 4.16. The lowest BCUT2D eigenvalue weighted by Gasteiger charge is -2.31. The molecule has 0 saturated carbocycles. The minimum Gasteiger partial charge on any atom is -0.359 e. The van der Waals surface area contributed by atoms with E-state index in [-0.39, 0.29) is 6.17 Å². The van der Waals surface area contributed by atoms with Gasteiger partial charge in [0.2, 0.25) is 0 Å². The van der Waals surface area contributed by atoms with Gasteiger partial charge in [-0.2, -0.15) is 0 Å². The van der Waals surface area contributed by atoms with Gasteiger partial charge in [0.1, 0.15) is 6.17 Å². The van der Waals surface area contributed by atoms with E-state index < -0.39 is 0 Å². The zero-order valence-corrected chi connectivity index (χ0v) is 14.0. The highest BCUT2D eigenvalue weighted by molar-refractivity contribution is 6.00. The molecule has 23 heavy (non-hydrogen) atoms. The first-order chi connectivity index (χ1) is 11.2. The quantitative estimate of drug-likeness (QED) is 0.922. The van der Waals surface area contributed by atoms with Crippen LogP contribution in [0.2, 0.25) is 0 Å². The molecule has 0 radical (unpaired) electrons. The molecule has 2 heterocycles. The molecular weight excluding hydrogens is 284 g/mol. The highest BCUT2D eigenvalue weighted by Crippen LogP contribution is 2.27. The summed E-state index contributed by atoms with van der Waals surface area (Å²) >= 11 is 0. The molecule has 0 aliphatic carbocycles. The van der Waals surface area contributed by atoms with Gasteiger partial charge in [-0.15, -0.1) is 0 Å². The topological polar surface area (TPSA) is 30.9 Å². The molecule has 0 fully saturated rings. The van der Waals surface area contributed by atoms with Gasteiger partial charge in [0, 0.05) is 24.5 Å². The van der Waals surface area contributed by atoms with Gasteiger partial charge >= 0.3 is 0 Å². The van der Waals surface area contributed by atoms with Gasteiger partial charge in [0.25, 0.3) is 0 Å². The van der Waals surface area contributed by atoms with Crippen molar-refractivity contribution in [2.45, 2.75) is 32.9 Å². The molecule has 0 saturated heterocycles. The van der Waals surface area contributed by atoms with Gasteiger partial charge in [0.05, 0.1) is 12.4 Å². The van der Waals surface area contributed by atoms with Gasteiger partial charge in [0.15, 0.2) is 5.84 Å². The molecule has 2 aliphatic rings. The number of amidine groups is 1. The number of nitrogens with one attached hydrogen (secondary N) is 1. The number of rotatable bonds is 4. The van der Waals surface area contributed by atoms with E-state index in [4.69, 9.17) is 4.99 Å². The maximum atomic E-state index is 4.94. The summed E-state index contributed by atoms with van der Waals surface area (Å²) in [6.07, 6.45) is 10.5. The molecule has 0 amide bonds. The van der Waals surface area contributed by atoms with Gasteiger partial charge in [-0.05, 0) is 19.4 Å². The maximum absolute atomic E-state index is 4.94. The van der Waals surface area contributed by atoms with Gasteiger partial charge < -0.3 is 15.1 Å². The Hall–Kier alpha value is -2.49. The molecule has 4 heteroatoms. The Morgan fingerprint density at radius 3 is 2.61 bits per heavy atom. The molecule has 1 N–H and O–H groups in total. The predicted molar refractivity (Wildman–Crippen MR) is 95.5 cm³/mol. The summed E-state index contributed by atoms with van der Waals surface area (Å²) in [5.41, 5.74) is 2.39. The van der Waals surface area contributed by atoms with Crippen LogP contribution in [0.3, 0.4) is 0 Å². The van der Waals surface area contributed by atoms with E-state index in [9.17, 15) is 0 Å². The van der Waals surface area contributed by atoms with Crippen molar-refractivity contribution < 1.29 is 0 Å². The van der Waals surface area contributed by atoms with Crippen LogP contribution in [0.15, 0.2) is 71.8 Å². The Bertz CT molecular complexity index is 657. The molecule has 3 rings (SSSR count). The van der Waals surface area contributed by atoms with E-state index in [0.29, 0.717) is 5.92 Å². The monoisotopic (exact) mass is 308 g/mol. The number of hydrogen-bond donors (Lipinski definition) is 1. The lowest BCUT2D eigenvalue weighted by Crippen LogP contribution is -2.40. The minimum absolute atomic E-state index is 0.0666. The van der Waals surface area contributed by atoms with Crippen LogP contribution >= 0.6 is 0 Å². The fourth-order valence-corrected chi connectivity index (χ4v) is 2.99. The Labute approximate surface area is 138 Å². The summed E-state index contributed by atoms with van der Waals surface area (Å²) in [5.74, 6) is 1.34. The molecular formula is C19H24N4. The Morgan fingerprint density at radius 1 is 1.17 bits per heavy atom. The molecule has 1 aromatic rings. The molecule has 0 bridgehead atoms. The first-order valence-corrected chi connectivity index (χ1v) is 8.12. The molecule has 1 aromatic carbocycles. The Kier molecular flexibility index (Phi) is 4.51. The van der Waals surface area contributed by atoms with E-state index >= 15 is 0 Å². The van der Waals surface area contributed by atoms with E-state index in [1.165, 1.54) is 5.56 Å². The minimum atomic E-state index is 0.0666. The van der Waals surface area contributed by atoms with E-state index in [0.717, 1.165) is 18.2 Å². The van der Waals surface area contributed by atoms with Crippen LogP contribution in [0, 0.1) is 0 Å². The lowest BCUT2D eigenvalue weighted by molar-refractivity contribution is 0.352. The van der Waals surface area contributed by atoms with Crippen LogP contribution in [-0.2, 0) is 0 Å². The highest BCUT2D eigenvalue weighted by atomic mass is 15.4. The van der Waals surface area contributed by atoms with Crippen molar-refractivity contribution in [3.05, 3.63) is 72.3 Å². The number of aliphatic imine (C=N–C) groups is 1. The Balaban J connectivity index is 1.87. The second-order valence-electron chi connectivity index (χ2n) is 5.87. The van der Waals surface area contributed by atoms with Crippen LogP contribution in [0.1, 0.15) is 32.3 Å². The van der Waals surface area contributed by atoms with Crippen molar-refractivity contribution >= 4 is 5.84 Å². The summed E-state index contributed by atoms with van der Waals surface area (Å²) in [7, 11) is 0. The molecule has 0 spiro atoms. The molecule has 2 unspecified atom stereocenters. The number of hydrogen-bond acceptors (Lipinski definition) is 4. The summed E-state index contributed by atoms with van der Waals surface area (Å²) in [4.78, 5) is 9.29. The van der Waals surface area contributed by atoms with Crippen LogP contribution in [0.5, 0.6) is 0 Å². The smallest absolute Gasteiger partial charge is 0.156 e. The van der Waals surface area contributed by atoms with Crippen LogP contribution in [0.4, 0.5) is 0 Å². The predicted octanol–water partition coefficient (Wildman–Crippen LogP) is 3.60. The van der Waals surface area contributed by atoms with Crippen molar-refractivity contribution in [2.24, 2.45) is 4.99 Å². The van der Waals surface area contributed by atoms with Crippen LogP contribution in [0.25, 0.3) is 0 Å². The van der Waals surface area contributed by atoms with Crippen molar-refractivity contribution in [3.63, 3.8) is 0 Å². The third-order valence-corrected chi connectivity index (χ3v) is 4.16. The molecule has 2 aliphatic heterocycles. The average molecular weight is 308 g/mol. The number of allylic oxidation sites excluding steroid dienone is 2. The number of nitrogens with zero attached hydrogens (tertiary/aromatic N) is 3. The first kappa shape index (κ1) is 15.4. The normalized spacial score (nSPS) is 22.1. The maximum Gasteiger partial charge on any atom is 0.156 e. The average Bonchev–Trinajstić information content (AvgIpc) is 3.00. The summed E-state index contributed by atoms with van der Waals surface area (Å²) in [6.45, 7) is 7.07. The SMILES string of the molecule is CC=CN1C=C2NC(C(C)c3ccccc3)N=C2N(C=CC)C1. The second kappa shape index (κ2) is 6.73. The van der Waals surface area contributed by atoms with Crippen molar-refractivity contribution in [1.29, 1.82) is 0 Å². The third kappa shape index (κ3) is 3.16. The summed E-state index contributed by atoms with van der Waals surface area (Å²) in [5, 5.41) is 3.57. The van der Waals surface area contributed by atoms with Crippen LogP contribution < -0.4 is 5.32 Å². The molecule has 0 aromatic heterocycles. The van der Waals surface area contributed by atoms with Gasteiger partial charge in [-0.1, -0.05) is 49.4 Å². The van der Waals surface area contributed by atoms with Crippen molar-refractivity contribution in [1.82, 2.24) is 15.1 Å². The molecule has 120 valence electrons. The highest BCUT2D eigenvalue weighted by Gasteiger charge is 2.32. The standard InChI is InChI=1S/C19H24N4/c1-4-11-22-13-17-19(23(14-22)12-5-2)21-18(20-17)15(3)16-9-7-6-8-10-16/h4-13,15,18,20H,14H2,1-3H3.